The molecule has 0 fully saturated rings. The van der Waals surface area contributed by atoms with E-state index in [-0.39, 0.29) is 0 Å². The van der Waals surface area contributed by atoms with E-state index in [0.717, 1.165) is 35.2 Å². The van der Waals surface area contributed by atoms with E-state index in [1.807, 2.05) is 36.4 Å². The van der Waals surface area contributed by atoms with Crippen molar-refractivity contribution >= 4 is 27.9 Å². The third-order valence-corrected chi connectivity index (χ3v) is 3.54. The van der Waals surface area contributed by atoms with Crippen LogP contribution >= 0.6 is 15.9 Å². The maximum Gasteiger partial charge on any atom is 0.150 e. The Bertz CT molecular complexity index is 557. The number of rotatable bonds is 5. The van der Waals surface area contributed by atoms with Crippen LogP contribution in [0.15, 0.2) is 47.1 Å². The molecule has 0 spiro atoms. The Kier molecular flexibility index (Phi) is 4.68. The van der Waals surface area contributed by atoms with Crippen LogP contribution < -0.4 is 4.90 Å². The molecule has 0 bridgehead atoms. The Balaban J connectivity index is 2.24. The molecule has 2 aromatic rings. The fourth-order valence-corrected chi connectivity index (χ4v) is 2.55. The highest BCUT2D eigenvalue weighted by atomic mass is 79.9. The number of aldehydes is 1. The number of benzene rings is 1. The molecule has 98 valence electrons. The second kappa shape index (κ2) is 6.48. The molecule has 0 saturated carbocycles. The van der Waals surface area contributed by atoms with Gasteiger partial charge >= 0.3 is 0 Å². The molecule has 3 nitrogen and oxygen atoms in total. The van der Waals surface area contributed by atoms with Gasteiger partial charge in [-0.2, -0.15) is 0 Å². The zero-order chi connectivity index (χ0) is 13.7. The molecular weight excluding hydrogens is 304 g/mol. The summed E-state index contributed by atoms with van der Waals surface area (Å²) < 4.78 is 0.926. The van der Waals surface area contributed by atoms with Crippen LogP contribution in [-0.4, -0.2) is 17.8 Å². The molecule has 0 aliphatic rings. The smallest absolute Gasteiger partial charge is 0.150 e. The Morgan fingerprint density at radius 1 is 1.32 bits per heavy atom. The topological polar surface area (TPSA) is 33.2 Å². The van der Waals surface area contributed by atoms with Gasteiger partial charge in [-0.25, -0.2) is 0 Å². The van der Waals surface area contributed by atoms with Gasteiger partial charge in [-0.15, -0.1) is 0 Å². The average Bonchev–Trinajstić information content (AvgIpc) is 2.46. The van der Waals surface area contributed by atoms with Gasteiger partial charge in [0.05, 0.1) is 17.9 Å². The van der Waals surface area contributed by atoms with Crippen molar-refractivity contribution in [3.63, 3.8) is 0 Å². The molecule has 4 heteroatoms. The molecule has 0 aliphatic carbocycles. The molecule has 0 N–H and O–H groups in total. The summed E-state index contributed by atoms with van der Waals surface area (Å²) in [6.07, 6.45) is 2.65. The number of pyridine rings is 1. The zero-order valence-electron chi connectivity index (χ0n) is 10.7. The lowest BCUT2D eigenvalue weighted by Crippen LogP contribution is -2.23. The van der Waals surface area contributed by atoms with E-state index in [1.165, 1.54) is 0 Å². The van der Waals surface area contributed by atoms with Gasteiger partial charge < -0.3 is 4.90 Å². The van der Waals surface area contributed by atoms with E-state index in [4.69, 9.17) is 0 Å². The number of anilines is 1. The third kappa shape index (κ3) is 3.41. The number of nitrogens with zero attached hydrogens (tertiary/aromatic N) is 2. The van der Waals surface area contributed by atoms with Gasteiger partial charge in [0.1, 0.15) is 6.29 Å². The second-order valence-electron chi connectivity index (χ2n) is 4.16. The molecule has 0 saturated heterocycles. The SMILES string of the molecule is CCN(Cc1ccccn1)c1ccc(C=O)cc1Br. The average molecular weight is 319 g/mol. The van der Waals surface area contributed by atoms with Crippen LogP contribution in [0.25, 0.3) is 0 Å². The first-order chi connectivity index (χ1) is 9.24. The minimum atomic E-state index is 0.671. The van der Waals surface area contributed by atoms with Crippen LogP contribution in [0.3, 0.4) is 0 Å². The summed E-state index contributed by atoms with van der Waals surface area (Å²) in [7, 11) is 0. The highest BCUT2D eigenvalue weighted by Crippen LogP contribution is 2.27. The standard InChI is InChI=1S/C15H15BrN2O/c1-2-18(10-13-5-3-4-8-17-13)15-7-6-12(11-19)9-14(15)16/h3-9,11H,2,10H2,1H3. The maximum absolute atomic E-state index is 10.8. The minimum absolute atomic E-state index is 0.671. The lowest BCUT2D eigenvalue weighted by Gasteiger charge is -2.24. The summed E-state index contributed by atoms with van der Waals surface area (Å²) in [4.78, 5) is 17.3. The Labute approximate surface area is 121 Å². The van der Waals surface area contributed by atoms with Gasteiger partial charge in [-0.1, -0.05) is 6.07 Å². The number of hydrogen-bond donors (Lipinski definition) is 0. The van der Waals surface area contributed by atoms with Gasteiger partial charge in [0.2, 0.25) is 0 Å². The Morgan fingerprint density at radius 3 is 2.74 bits per heavy atom. The first kappa shape index (κ1) is 13.7. The van der Waals surface area contributed by atoms with Crippen LogP contribution in [-0.2, 0) is 6.54 Å². The number of aromatic nitrogens is 1. The normalized spacial score (nSPS) is 10.2. The predicted octanol–water partition coefficient (Wildman–Crippen LogP) is 3.68. The van der Waals surface area contributed by atoms with Crippen molar-refractivity contribution < 1.29 is 4.79 Å². The molecule has 2 rings (SSSR count). The first-order valence-electron chi connectivity index (χ1n) is 6.14. The first-order valence-corrected chi connectivity index (χ1v) is 6.93. The lowest BCUT2D eigenvalue weighted by molar-refractivity contribution is 0.112. The quantitative estimate of drug-likeness (QED) is 0.788. The molecule has 1 aromatic heterocycles. The van der Waals surface area contributed by atoms with Gasteiger partial charge in [0, 0.05) is 22.8 Å². The van der Waals surface area contributed by atoms with Crippen molar-refractivity contribution in [1.29, 1.82) is 0 Å². The highest BCUT2D eigenvalue weighted by molar-refractivity contribution is 9.10. The number of carbonyl (C=O) groups excluding carboxylic acids is 1. The number of hydrogen-bond acceptors (Lipinski definition) is 3. The van der Waals surface area contributed by atoms with Crippen LogP contribution in [0.2, 0.25) is 0 Å². The van der Waals surface area contributed by atoms with E-state index >= 15 is 0 Å². The summed E-state index contributed by atoms with van der Waals surface area (Å²) in [5.74, 6) is 0. The lowest BCUT2D eigenvalue weighted by atomic mass is 10.2. The fraction of sp³-hybridized carbons (Fsp3) is 0.200. The molecule has 1 aromatic carbocycles. The molecule has 0 radical (unpaired) electrons. The molecule has 0 atom stereocenters. The summed E-state index contributed by atoms with van der Waals surface area (Å²) in [5.41, 5.74) is 2.76. The Hall–Kier alpha value is -1.68. The van der Waals surface area contributed by atoms with E-state index < -0.39 is 0 Å². The zero-order valence-corrected chi connectivity index (χ0v) is 12.3. The number of carbonyl (C=O) groups is 1. The molecule has 1 heterocycles. The summed E-state index contributed by atoms with van der Waals surface area (Å²) in [5, 5.41) is 0. The highest BCUT2D eigenvalue weighted by Gasteiger charge is 2.10. The monoisotopic (exact) mass is 318 g/mol. The van der Waals surface area contributed by atoms with Crippen molar-refractivity contribution in [2.45, 2.75) is 13.5 Å². The van der Waals surface area contributed by atoms with Crippen molar-refractivity contribution in [3.05, 3.63) is 58.3 Å². The van der Waals surface area contributed by atoms with Crippen molar-refractivity contribution in [2.75, 3.05) is 11.4 Å². The van der Waals surface area contributed by atoms with E-state index in [2.05, 4.69) is 32.7 Å². The van der Waals surface area contributed by atoms with E-state index in [0.29, 0.717) is 5.56 Å². The van der Waals surface area contributed by atoms with Crippen LogP contribution in [0.4, 0.5) is 5.69 Å². The van der Waals surface area contributed by atoms with E-state index in [9.17, 15) is 4.79 Å². The molecule has 0 aliphatic heterocycles. The van der Waals surface area contributed by atoms with Crippen molar-refractivity contribution in [1.82, 2.24) is 4.98 Å². The summed E-state index contributed by atoms with van der Waals surface area (Å²) in [6, 6.07) is 11.5. The largest absolute Gasteiger partial charge is 0.365 e. The summed E-state index contributed by atoms with van der Waals surface area (Å²) >= 11 is 3.52. The van der Waals surface area contributed by atoms with Crippen LogP contribution in [0.5, 0.6) is 0 Å². The predicted molar refractivity (Wildman–Crippen MR) is 80.5 cm³/mol. The fourth-order valence-electron chi connectivity index (χ4n) is 1.91. The van der Waals surface area contributed by atoms with Crippen LogP contribution in [0.1, 0.15) is 23.0 Å². The van der Waals surface area contributed by atoms with Gasteiger partial charge in [-0.05, 0) is 53.2 Å². The van der Waals surface area contributed by atoms with Gasteiger partial charge in [0.25, 0.3) is 0 Å². The maximum atomic E-state index is 10.8. The second-order valence-corrected chi connectivity index (χ2v) is 5.02. The third-order valence-electron chi connectivity index (χ3n) is 2.91. The van der Waals surface area contributed by atoms with Gasteiger partial charge in [0.15, 0.2) is 0 Å². The molecule has 19 heavy (non-hydrogen) atoms. The minimum Gasteiger partial charge on any atom is -0.365 e. The molecule has 0 amide bonds. The van der Waals surface area contributed by atoms with E-state index in [1.54, 1.807) is 6.20 Å². The van der Waals surface area contributed by atoms with Crippen molar-refractivity contribution in [2.24, 2.45) is 0 Å². The summed E-state index contributed by atoms with van der Waals surface area (Å²) in [6.45, 7) is 3.72. The van der Waals surface area contributed by atoms with Crippen molar-refractivity contribution in [3.8, 4) is 0 Å². The Morgan fingerprint density at radius 2 is 2.16 bits per heavy atom. The molecule has 0 unspecified atom stereocenters. The van der Waals surface area contributed by atoms with Crippen LogP contribution in [0, 0.1) is 0 Å². The molecular formula is C15H15BrN2O. The number of halogens is 1. The van der Waals surface area contributed by atoms with Gasteiger partial charge in [-0.3, -0.25) is 9.78 Å².